The standard InChI is InChI=1S/C14H14ClN3O/c1-9-12(15)7-17-18(9)8-14-11(6-16)10-4-2-3-5-13(10)19-14/h2-5,7H,6,8,16H2,1H3. The molecule has 0 saturated heterocycles. The van der Waals surface area contributed by atoms with E-state index in [0.717, 1.165) is 28.0 Å². The lowest BCUT2D eigenvalue weighted by molar-refractivity contribution is 0.499. The Balaban J connectivity index is 2.07. The van der Waals surface area contributed by atoms with Crippen molar-refractivity contribution in [3.63, 3.8) is 0 Å². The Hall–Kier alpha value is -1.78. The van der Waals surface area contributed by atoms with E-state index in [9.17, 15) is 0 Å². The Kier molecular flexibility index (Phi) is 3.05. The molecule has 0 aliphatic carbocycles. The van der Waals surface area contributed by atoms with Crippen LogP contribution in [0.2, 0.25) is 5.02 Å². The molecule has 2 heterocycles. The van der Waals surface area contributed by atoms with Crippen LogP contribution in [0.5, 0.6) is 0 Å². The summed E-state index contributed by atoms with van der Waals surface area (Å²) in [5, 5.41) is 5.96. The summed E-state index contributed by atoms with van der Waals surface area (Å²) in [4.78, 5) is 0. The van der Waals surface area contributed by atoms with Gasteiger partial charge in [0.2, 0.25) is 0 Å². The Bertz CT molecular complexity index is 729. The summed E-state index contributed by atoms with van der Waals surface area (Å²) in [5.74, 6) is 0.839. The zero-order chi connectivity index (χ0) is 13.4. The predicted molar refractivity (Wildman–Crippen MR) is 75.2 cm³/mol. The smallest absolute Gasteiger partial charge is 0.134 e. The van der Waals surface area contributed by atoms with Gasteiger partial charge in [0.15, 0.2) is 0 Å². The van der Waals surface area contributed by atoms with Crippen molar-refractivity contribution < 1.29 is 4.42 Å². The summed E-state index contributed by atoms with van der Waals surface area (Å²) in [5.41, 5.74) is 8.65. The highest BCUT2D eigenvalue weighted by atomic mass is 35.5. The SMILES string of the molecule is Cc1c(Cl)cnn1Cc1oc2ccccc2c1CN. The van der Waals surface area contributed by atoms with Crippen molar-refractivity contribution in [1.82, 2.24) is 9.78 Å². The molecule has 0 atom stereocenters. The van der Waals surface area contributed by atoms with E-state index < -0.39 is 0 Å². The van der Waals surface area contributed by atoms with Crippen LogP contribution in [0.25, 0.3) is 11.0 Å². The molecule has 1 aromatic carbocycles. The number of hydrogen-bond donors (Lipinski definition) is 1. The highest BCUT2D eigenvalue weighted by molar-refractivity contribution is 6.31. The first-order valence-corrected chi connectivity index (χ1v) is 6.45. The molecule has 19 heavy (non-hydrogen) atoms. The van der Waals surface area contributed by atoms with Crippen LogP contribution < -0.4 is 5.73 Å². The molecular weight excluding hydrogens is 262 g/mol. The first kappa shape index (κ1) is 12.3. The van der Waals surface area contributed by atoms with Crippen molar-refractivity contribution in [2.75, 3.05) is 0 Å². The number of aromatic nitrogens is 2. The largest absolute Gasteiger partial charge is 0.459 e. The molecule has 0 spiro atoms. The van der Waals surface area contributed by atoms with E-state index in [4.69, 9.17) is 21.8 Å². The number of furan rings is 1. The van der Waals surface area contributed by atoms with Crippen LogP contribution >= 0.6 is 11.6 Å². The number of halogens is 1. The third kappa shape index (κ3) is 2.03. The summed E-state index contributed by atoms with van der Waals surface area (Å²) in [6, 6.07) is 7.90. The molecule has 4 nitrogen and oxygen atoms in total. The van der Waals surface area contributed by atoms with Crippen molar-refractivity contribution in [2.45, 2.75) is 20.0 Å². The van der Waals surface area contributed by atoms with Crippen LogP contribution in [0, 0.1) is 6.92 Å². The highest BCUT2D eigenvalue weighted by Crippen LogP contribution is 2.26. The van der Waals surface area contributed by atoms with Crippen LogP contribution in [-0.2, 0) is 13.1 Å². The first-order valence-electron chi connectivity index (χ1n) is 6.08. The summed E-state index contributed by atoms with van der Waals surface area (Å²) < 4.78 is 7.69. The number of nitrogens with zero attached hydrogens (tertiary/aromatic N) is 2. The van der Waals surface area contributed by atoms with Gasteiger partial charge in [0.1, 0.15) is 11.3 Å². The number of fused-ring (bicyclic) bond motifs is 1. The minimum absolute atomic E-state index is 0.445. The molecule has 2 aromatic heterocycles. The Morgan fingerprint density at radius 3 is 2.84 bits per heavy atom. The van der Waals surface area contributed by atoms with Crippen molar-refractivity contribution >= 4 is 22.6 Å². The first-order chi connectivity index (χ1) is 9.20. The van der Waals surface area contributed by atoms with Crippen LogP contribution in [-0.4, -0.2) is 9.78 Å². The van der Waals surface area contributed by atoms with Gasteiger partial charge >= 0.3 is 0 Å². The summed E-state index contributed by atoms with van der Waals surface area (Å²) >= 11 is 6.01. The van der Waals surface area contributed by atoms with Gasteiger partial charge in [-0.3, -0.25) is 4.68 Å². The van der Waals surface area contributed by atoms with Crippen molar-refractivity contribution in [3.05, 3.63) is 52.5 Å². The third-order valence-electron chi connectivity index (χ3n) is 3.32. The third-order valence-corrected chi connectivity index (χ3v) is 3.69. The maximum Gasteiger partial charge on any atom is 0.134 e. The van der Waals surface area contributed by atoms with Gasteiger partial charge in [0.25, 0.3) is 0 Å². The zero-order valence-corrected chi connectivity index (χ0v) is 11.3. The number of para-hydroxylation sites is 1. The number of hydrogen-bond acceptors (Lipinski definition) is 3. The molecule has 0 saturated carbocycles. The predicted octanol–water partition coefficient (Wildman–Crippen LogP) is 3.10. The molecule has 5 heteroatoms. The van der Waals surface area contributed by atoms with Gasteiger partial charge in [0.05, 0.1) is 23.5 Å². The van der Waals surface area contributed by atoms with Gasteiger partial charge in [-0.1, -0.05) is 29.8 Å². The minimum Gasteiger partial charge on any atom is -0.459 e. The van der Waals surface area contributed by atoms with Crippen molar-refractivity contribution in [2.24, 2.45) is 5.73 Å². The number of nitrogens with two attached hydrogens (primary N) is 1. The van der Waals surface area contributed by atoms with Gasteiger partial charge in [0, 0.05) is 17.5 Å². The fourth-order valence-corrected chi connectivity index (χ4v) is 2.36. The fourth-order valence-electron chi connectivity index (χ4n) is 2.22. The van der Waals surface area contributed by atoms with Gasteiger partial charge < -0.3 is 10.2 Å². The molecule has 3 aromatic rings. The molecule has 2 N–H and O–H groups in total. The second-order valence-electron chi connectivity index (χ2n) is 4.44. The van der Waals surface area contributed by atoms with Gasteiger partial charge in [-0.15, -0.1) is 0 Å². The molecule has 0 aliphatic rings. The molecule has 0 unspecified atom stereocenters. The maximum absolute atomic E-state index is 6.01. The van der Waals surface area contributed by atoms with Gasteiger partial charge in [-0.25, -0.2) is 0 Å². The molecule has 0 radical (unpaired) electrons. The fraction of sp³-hybridized carbons (Fsp3) is 0.214. The van der Waals surface area contributed by atoms with Crippen LogP contribution in [0.3, 0.4) is 0 Å². The number of benzene rings is 1. The quantitative estimate of drug-likeness (QED) is 0.799. The van der Waals surface area contributed by atoms with Crippen molar-refractivity contribution in [1.29, 1.82) is 0 Å². The van der Waals surface area contributed by atoms with E-state index in [1.165, 1.54) is 0 Å². The molecule has 0 bridgehead atoms. The summed E-state index contributed by atoms with van der Waals surface area (Å²) in [6.45, 7) is 2.92. The molecule has 0 fully saturated rings. The lowest BCUT2D eigenvalue weighted by Crippen LogP contribution is -2.06. The van der Waals surface area contributed by atoms with Crippen molar-refractivity contribution in [3.8, 4) is 0 Å². The molecule has 0 aliphatic heterocycles. The van der Waals surface area contributed by atoms with E-state index in [1.807, 2.05) is 35.9 Å². The maximum atomic E-state index is 6.01. The average molecular weight is 276 g/mol. The Labute approximate surface area is 115 Å². The molecular formula is C14H14ClN3O. The van der Waals surface area contributed by atoms with Gasteiger partial charge in [-0.05, 0) is 13.0 Å². The summed E-state index contributed by atoms with van der Waals surface area (Å²) in [7, 11) is 0. The number of rotatable bonds is 3. The summed E-state index contributed by atoms with van der Waals surface area (Å²) in [6.07, 6.45) is 1.64. The van der Waals surface area contributed by atoms with E-state index in [1.54, 1.807) is 6.20 Å². The molecule has 0 amide bonds. The molecule has 98 valence electrons. The van der Waals surface area contributed by atoms with Crippen LogP contribution in [0.1, 0.15) is 17.0 Å². The van der Waals surface area contributed by atoms with Gasteiger partial charge in [-0.2, -0.15) is 5.10 Å². The van der Waals surface area contributed by atoms with E-state index >= 15 is 0 Å². The van der Waals surface area contributed by atoms with Crippen LogP contribution in [0.4, 0.5) is 0 Å². The van der Waals surface area contributed by atoms with E-state index in [0.29, 0.717) is 18.1 Å². The monoisotopic (exact) mass is 275 g/mol. The van der Waals surface area contributed by atoms with E-state index in [2.05, 4.69) is 5.10 Å². The Morgan fingerprint density at radius 2 is 2.16 bits per heavy atom. The second-order valence-corrected chi connectivity index (χ2v) is 4.85. The second kappa shape index (κ2) is 4.72. The average Bonchev–Trinajstić information content (AvgIpc) is 2.93. The zero-order valence-electron chi connectivity index (χ0n) is 10.6. The Morgan fingerprint density at radius 1 is 1.37 bits per heavy atom. The lowest BCUT2D eigenvalue weighted by atomic mass is 10.1. The normalized spacial score (nSPS) is 11.3. The topological polar surface area (TPSA) is 57.0 Å². The molecule has 3 rings (SSSR count). The van der Waals surface area contributed by atoms with Crippen LogP contribution in [0.15, 0.2) is 34.9 Å². The minimum atomic E-state index is 0.445. The lowest BCUT2D eigenvalue weighted by Gasteiger charge is -2.03. The highest BCUT2D eigenvalue weighted by Gasteiger charge is 2.14. The van der Waals surface area contributed by atoms with E-state index in [-0.39, 0.29) is 0 Å².